The highest BCUT2D eigenvalue weighted by molar-refractivity contribution is 7.90. The van der Waals surface area contributed by atoms with Crippen LogP contribution in [0.2, 0.25) is 0 Å². The lowest BCUT2D eigenvalue weighted by Crippen LogP contribution is -2.43. The zero-order valence-corrected chi connectivity index (χ0v) is 22.3. The van der Waals surface area contributed by atoms with E-state index >= 15 is 0 Å². The summed E-state index contributed by atoms with van der Waals surface area (Å²) in [5.74, 6) is -0.145. The Kier molecular flexibility index (Phi) is 13.2. The minimum atomic E-state index is -3.10. The number of unbranched alkanes of at least 4 members (excludes halogenated alkanes) is 4. The molecule has 0 aliphatic rings. The van der Waals surface area contributed by atoms with Crippen molar-refractivity contribution in [1.82, 2.24) is 10.2 Å². The maximum atomic E-state index is 12.4. The standard InChI is InChI=1S/C28H40N2O5S/c1-30(2)21-26(20-28(32)35-22-24-14-8-6-9-15-24)29-27(31)18-12-4-3-5-13-19-36(33,34)23-25-16-10-7-11-17-25/h6-11,14-17,26H,3-5,12-13,18-23H2,1-2H3,(H,29,31)/t26-/m1/s1. The molecule has 0 heterocycles. The number of rotatable bonds is 17. The predicted octanol–water partition coefficient (Wildman–Crippen LogP) is 4.12. The average molecular weight is 517 g/mol. The highest BCUT2D eigenvalue weighted by Gasteiger charge is 2.18. The molecule has 7 nitrogen and oxygen atoms in total. The van der Waals surface area contributed by atoms with E-state index in [1.807, 2.05) is 79.7 Å². The van der Waals surface area contributed by atoms with Gasteiger partial charge in [-0.25, -0.2) is 8.42 Å². The number of nitrogens with one attached hydrogen (secondary N) is 1. The van der Waals surface area contributed by atoms with Gasteiger partial charge in [0.1, 0.15) is 6.61 Å². The quantitative estimate of drug-likeness (QED) is 0.251. The van der Waals surface area contributed by atoms with Crippen LogP contribution in [0.5, 0.6) is 0 Å². The fourth-order valence-corrected chi connectivity index (χ4v) is 5.43. The molecule has 1 N–H and O–H groups in total. The van der Waals surface area contributed by atoms with Gasteiger partial charge in [-0.2, -0.15) is 0 Å². The molecule has 8 heteroatoms. The van der Waals surface area contributed by atoms with Crippen molar-refractivity contribution < 1.29 is 22.7 Å². The van der Waals surface area contributed by atoms with E-state index in [0.29, 0.717) is 19.4 Å². The first kappa shape index (κ1) is 29.5. The van der Waals surface area contributed by atoms with E-state index in [1.165, 1.54) is 0 Å². The maximum absolute atomic E-state index is 12.4. The molecule has 0 aliphatic carbocycles. The van der Waals surface area contributed by atoms with Crippen LogP contribution in [0.15, 0.2) is 60.7 Å². The highest BCUT2D eigenvalue weighted by atomic mass is 32.2. The Hall–Kier alpha value is -2.71. The van der Waals surface area contributed by atoms with E-state index in [0.717, 1.165) is 36.8 Å². The highest BCUT2D eigenvalue weighted by Crippen LogP contribution is 2.11. The Morgan fingerprint density at radius 3 is 2.08 bits per heavy atom. The van der Waals surface area contributed by atoms with Gasteiger partial charge in [-0.3, -0.25) is 9.59 Å². The zero-order valence-electron chi connectivity index (χ0n) is 21.5. The van der Waals surface area contributed by atoms with Crippen LogP contribution < -0.4 is 5.32 Å². The summed E-state index contributed by atoms with van der Waals surface area (Å²) in [6.45, 7) is 0.763. The molecule has 0 spiro atoms. The summed E-state index contributed by atoms with van der Waals surface area (Å²) in [6.07, 6.45) is 4.45. The number of ether oxygens (including phenoxy) is 1. The van der Waals surface area contributed by atoms with E-state index in [4.69, 9.17) is 4.74 Å². The number of carbonyl (C=O) groups excluding carboxylic acids is 2. The molecule has 2 aromatic carbocycles. The van der Waals surface area contributed by atoms with Crippen molar-refractivity contribution in [3.63, 3.8) is 0 Å². The van der Waals surface area contributed by atoms with Gasteiger partial charge in [0.2, 0.25) is 5.91 Å². The van der Waals surface area contributed by atoms with E-state index in [-0.39, 0.29) is 42.5 Å². The fraction of sp³-hybridized carbons (Fsp3) is 0.500. The number of nitrogens with zero attached hydrogens (tertiary/aromatic N) is 1. The molecule has 0 radical (unpaired) electrons. The molecule has 0 aliphatic heterocycles. The average Bonchev–Trinajstić information content (AvgIpc) is 2.82. The van der Waals surface area contributed by atoms with Gasteiger partial charge in [-0.15, -0.1) is 0 Å². The topological polar surface area (TPSA) is 92.8 Å². The smallest absolute Gasteiger partial charge is 0.308 e. The van der Waals surface area contributed by atoms with Crippen molar-refractivity contribution in [2.75, 3.05) is 26.4 Å². The van der Waals surface area contributed by atoms with Crippen molar-refractivity contribution in [3.8, 4) is 0 Å². The molecule has 1 atom stereocenters. The van der Waals surface area contributed by atoms with Crippen LogP contribution in [-0.4, -0.2) is 57.6 Å². The predicted molar refractivity (Wildman–Crippen MR) is 143 cm³/mol. The summed E-state index contributed by atoms with van der Waals surface area (Å²) in [4.78, 5) is 26.6. The molecule has 0 unspecified atom stereocenters. The Morgan fingerprint density at radius 1 is 0.861 bits per heavy atom. The van der Waals surface area contributed by atoms with Gasteiger partial charge in [0.25, 0.3) is 0 Å². The van der Waals surface area contributed by atoms with E-state index < -0.39 is 9.84 Å². The van der Waals surface area contributed by atoms with Gasteiger partial charge < -0.3 is 15.0 Å². The van der Waals surface area contributed by atoms with Crippen LogP contribution in [0.25, 0.3) is 0 Å². The van der Waals surface area contributed by atoms with Crippen molar-refractivity contribution in [2.45, 2.75) is 63.3 Å². The van der Waals surface area contributed by atoms with Crippen molar-refractivity contribution >= 4 is 21.7 Å². The molecule has 0 saturated heterocycles. The Morgan fingerprint density at radius 2 is 1.44 bits per heavy atom. The first-order valence-electron chi connectivity index (χ1n) is 12.6. The Labute approximate surface area is 216 Å². The number of benzene rings is 2. The molecular weight excluding hydrogens is 476 g/mol. The van der Waals surface area contributed by atoms with E-state index in [1.54, 1.807) is 0 Å². The second-order valence-corrected chi connectivity index (χ2v) is 11.7. The zero-order chi connectivity index (χ0) is 26.2. The summed E-state index contributed by atoms with van der Waals surface area (Å²) in [6, 6.07) is 18.4. The lowest BCUT2D eigenvalue weighted by molar-refractivity contribution is -0.145. The lowest BCUT2D eigenvalue weighted by atomic mass is 10.1. The van der Waals surface area contributed by atoms with Crippen molar-refractivity contribution in [2.24, 2.45) is 0 Å². The summed E-state index contributed by atoms with van der Waals surface area (Å²) < 4.78 is 29.9. The van der Waals surface area contributed by atoms with Gasteiger partial charge >= 0.3 is 5.97 Å². The maximum Gasteiger partial charge on any atom is 0.308 e. The third-order valence-electron chi connectivity index (χ3n) is 5.69. The number of esters is 1. The molecular formula is C28H40N2O5S. The number of hydrogen-bond acceptors (Lipinski definition) is 6. The van der Waals surface area contributed by atoms with Crippen LogP contribution in [0.1, 0.15) is 56.1 Å². The van der Waals surface area contributed by atoms with Gasteiger partial charge in [-0.1, -0.05) is 79.9 Å². The molecule has 0 aromatic heterocycles. The van der Waals surface area contributed by atoms with Crippen LogP contribution in [0.3, 0.4) is 0 Å². The fourth-order valence-electron chi connectivity index (χ4n) is 3.94. The van der Waals surface area contributed by atoms with Crippen LogP contribution in [0, 0.1) is 0 Å². The molecule has 2 rings (SSSR count). The van der Waals surface area contributed by atoms with Gasteiger partial charge in [-0.05, 0) is 38.1 Å². The number of sulfone groups is 1. The molecule has 0 saturated carbocycles. The Bertz CT molecular complexity index is 1010. The SMILES string of the molecule is CN(C)C[C@@H](CC(=O)OCc1ccccc1)NC(=O)CCCCCCCS(=O)(=O)Cc1ccccc1. The van der Waals surface area contributed by atoms with Gasteiger partial charge in [0.05, 0.1) is 24.0 Å². The molecule has 36 heavy (non-hydrogen) atoms. The summed E-state index contributed by atoms with van der Waals surface area (Å²) >= 11 is 0. The monoisotopic (exact) mass is 516 g/mol. The third-order valence-corrected chi connectivity index (χ3v) is 7.38. The normalized spacial score (nSPS) is 12.3. The van der Waals surface area contributed by atoms with Crippen LogP contribution in [0.4, 0.5) is 0 Å². The van der Waals surface area contributed by atoms with Crippen molar-refractivity contribution in [3.05, 3.63) is 71.8 Å². The second-order valence-electron chi connectivity index (χ2n) is 9.47. The van der Waals surface area contributed by atoms with Crippen LogP contribution >= 0.6 is 0 Å². The van der Waals surface area contributed by atoms with Gasteiger partial charge in [0, 0.05) is 13.0 Å². The molecule has 198 valence electrons. The summed E-state index contributed by atoms with van der Waals surface area (Å²) in [5.41, 5.74) is 1.74. The number of amides is 1. The first-order valence-corrected chi connectivity index (χ1v) is 14.4. The van der Waals surface area contributed by atoms with Crippen LogP contribution in [-0.2, 0) is 36.5 Å². The minimum absolute atomic E-state index is 0.0804. The lowest BCUT2D eigenvalue weighted by Gasteiger charge is -2.22. The molecule has 0 bridgehead atoms. The van der Waals surface area contributed by atoms with E-state index in [9.17, 15) is 18.0 Å². The number of hydrogen-bond donors (Lipinski definition) is 1. The largest absolute Gasteiger partial charge is 0.461 e. The molecule has 2 aromatic rings. The second kappa shape index (κ2) is 16.1. The number of carbonyl (C=O) groups is 2. The van der Waals surface area contributed by atoms with Gasteiger partial charge in [0.15, 0.2) is 9.84 Å². The number of likely N-dealkylation sites (N-methyl/N-ethyl adjacent to an activating group) is 1. The van der Waals surface area contributed by atoms with E-state index in [2.05, 4.69) is 5.32 Å². The Balaban J connectivity index is 1.61. The summed E-state index contributed by atoms with van der Waals surface area (Å²) in [7, 11) is 0.694. The first-order chi connectivity index (χ1) is 17.2. The molecule has 1 amide bonds. The summed E-state index contributed by atoms with van der Waals surface area (Å²) in [5, 5.41) is 2.96. The van der Waals surface area contributed by atoms with Crippen molar-refractivity contribution in [1.29, 1.82) is 0 Å². The minimum Gasteiger partial charge on any atom is -0.461 e. The molecule has 0 fully saturated rings. The third kappa shape index (κ3) is 13.4.